The molecular weight excluding hydrogens is 488 g/mol. The van der Waals surface area contributed by atoms with Crippen molar-refractivity contribution >= 4 is 47.3 Å². The van der Waals surface area contributed by atoms with Gasteiger partial charge in [-0.15, -0.1) is 0 Å². The number of nitrogens with one attached hydrogen (secondary N) is 2. The normalized spacial score (nSPS) is 14.7. The molecule has 4 N–H and O–H groups in total. The Kier molecular flexibility index (Phi) is 7.05. The van der Waals surface area contributed by atoms with Gasteiger partial charge < -0.3 is 5.32 Å². The summed E-state index contributed by atoms with van der Waals surface area (Å²) < 4.78 is 29.4. The SMILES string of the molecule is CN(C)S(=O)(=O)n1c([Si](C)(C)C(C)(C)C)nc2c1CCN(C(=O)Nc1ccccc1)N2C(=O)NN. The van der Waals surface area contributed by atoms with Crippen molar-refractivity contribution in [2.45, 2.75) is 45.3 Å². The number of hydrazine groups is 2. The minimum atomic E-state index is -3.98. The Balaban J connectivity index is 2.22. The summed E-state index contributed by atoms with van der Waals surface area (Å²) in [6, 6.07) is 7.40. The number of carbonyl (C=O) groups excluding carboxylic acids is 2. The van der Waals surface area contributed by atoms with Crippen molar-refractivity contribution in [1.29, 1.82) is 0 Å². The molecule has 0 unspecified atom stereocenters. The Morgan fingerprint density at radius 3 is 2.23 bits per heavy atom. The quantitative estimate of drug-likeness (QED) is 0.241. The average molecular weight is 523 g/mol. The molecule has 0 spiro atoms. The van der Waals surface area contributed by atoms with Crippen LogP contribution in [-0.2, 0) is 16.6 Å². The topological polar surface area (TPSA) is 146 Å². The molecule has 2 aromatic rings. The van der Waals surface area contributed by atoms with Gasteiger partial charge in [0.15, 0.2) is 5.82 Å². The van der Waals surface area contributed by atoms with Crippen LogP contribution >= 0.6 is 0 Å². The lowest BCUT2D eigenvalue weighted by Gasteiger charge is -2.37. The first kappa shape index (κ1) is 26.7. The van der Waals surface area contributed by atoms with E-state index in [4.69, 9.17) is 10.8 Å². The molecule has 2 heterocycles. The zero-order valence-electron chi connectivity index (χ0n) is 21.2. The Labute approximate surface area is 207 Å². The summed E-state index contributed by atoms with van der Waals surface area (Å²) in [5.41, 5.74) is 3.31. The van der Waals surface area contributed by atoms with Gasteiger partial charge in [-0.1, -0.05) is 52.1 Å². The van der Waals surface area contributed by atoms with E-state index in [2.05, 4.69) is 10.7 Å². The van der Waals surface area contributed by atoms with E-state index < -0.39 is 30.3 Å². The molecule has 35 heavy (non-hydrogen) atoms. The van der Waals surface area contributed by atoms with E-state index in [1.807, 2.05) is 39.9 Å². The number of anilines is 2. The summed E-state index contributed by atoms with van der Waals surface area (Å²) in [6.45, 7) is 10.2. The second-order valence-corrected chi connectivity index (χ2v) is 17.3. The second-order valence-electron chi connectivity index (χ2n) is 10.1. The minimum Gasteiger partial charge on any atom is -0.306 e. The molecule has 0 saturated carbocycles. The number of fused-ring (bicyclic) bond motifs is 1. The third-order valence-corrected chi connectivity index (χ3v) is 13.8. The lowest BCUT2D eigenvalue weighted by Crippen LogP contribution is -2.59. The molecule has 1 aromatic carbocycles. The molecule has 0 radical (unpaired) electrons. The molecule has 12 nitrogen and oxygen atoms in total. The first-order chi connectivity index (χ1) is 16.1. The van der Waals surface area contributed by atoms with E-state index in [9.17, 15) is 18.0 Å². The molecule has 192 valence electrons. The van der Waals surface area contributed by atoms with E-state index in [0.29, 0.717) is 16.8 Å². The monoisotopic (exact) mass is 522 g/mol. The maximum Gasteiger partial charge on any atom is 0.356 e. The highest BCUT2D eigenvalue weighted by Crippen LogP contribution is 2.38. The summed E-state index contributed by atoms with van der Waals surface area (Å²) in [5, 5.41) is 4.67. The van der Waals surface area contributed by atoms with Crippen molar-refractivity contribution in [3.63, 3.8) is 0 Å². The first-order valence-corrected chi connectivity index (χ1v) is 15.5. The van der Waals surface area contributed by atoms with Crippen LogP contribution in [0.2, 0.25) is 18.1 Å². The number of amides is 4. The number of benzene rings is 1. The predicted octanol–water partition coefficient (Wildman–Crippen LogP) is 1.65. The molecule has 1 aliphatic heterocycles. The van der Waals surface area contributed by atoms with Gasteiger partial charge in [-0.05, 0) is 17.2 Å². The van der Waals surface area contributed by atoms with Crippen LogP contribution in [0.5, 0.6) is 0 Å². The minimum absolute atomic E-state index is 0.0324. The van der Waals surface area contributed by atoms with Gasteiger partial charge in [-0.2, -0.15) is 17.7 Å². The van der Waals surface area contributed by atoms with Crippen LogP contribution in [0, 0.1) is 0 Å². The number of nitrogens with zero attached hydrogens (tertiary/aromatic N) is 5. The summed E-state index contributed by atoms with van der Waals surface area (Å²) in [5.74, 6) is 5.52. The van der Waals surface area contributed by atoms with E-state index >= 15 is 0 Å². The van der Waals surface area contributed by atoms with E-state index in [1.165, 1.54) is 23.1 Å². The number of nitrogens with two attached hydrogens (primary N) is 1. The number of hydrogen-bond acceptors (Lipinski definition) is 6. The van der Waals surface area contributed by atoms with Crippen molar-refractivity contribution in [3.8, 4) is 0 Å². The van der Waals surface area contributed by atoms with Crippen LogP contribution < -0.4 is 27.0 Å². The van der Waals surface area contributed by atoms with Gasteiger partial charge in [0.1, 0.15) is 13.5 Å². The molecule has 1 aromatic heterocycles. The van der Waals surface area contributed by atoms with Crippen molar-refractivity contribution in [2.75, 3.05) is 31.0 Å². The molecule has 4 amide bonds. The molecule has 0 fully saturated rings. The van der Waals surface area contributed by atoms with Crippen molar-refractivity contribution < 1.29 is 18.0 Å². The van der Waals surface area contributed by atoms with Gasteiger partial charge in [-0.25, -0.2) is 29.4 Å². The smallest absolute Gasteiger partial charge is 0.306 e. The predicted molar refractivity (Wildman–Crippen MR) is 138 cm³/mol. The zero-order chi connectivity index (χ0) is 26.3. The lowest BCUT2D eigenvalue weighted by atomic mass is 10.2. The van der Waals surface area contributed by atoms with Crippen molar-refractivity contribution in [2.24, 2.45) is 5.84 Å². The number of hydrogen-bond donors (Lipinski definition) is 3. The van der Waals surface area contributed by atoms with Gasteiger partial charge >= 0.3 is 22.3 Å². The second kappa shape index (κ2) is 9.26. The Hall–Kier alpha value is -2.94. The fourth-order valence-electron chi connectivity index (χ4n) is 3.55. The maximum atomic E-state index is 13.5. The van der Waals surface area contributed by atoms with Crippen LogP contribution in [0.25, 0.3) is 0 Å². The molecule has 0 atom stereocenters. The fourth-order valence-corrected chi connectivity index (χ4v) is 7.31. The summed E-state index contributed by atoms with van der Waals surface area (Å²) >= 11 is 0. The molecule has 0 saturated heterocycles. The maximum absolute atomic E-state index is 13.5. The highest BCUT2D eigenvalue weighted by molar-refractivity contribution is 7.87. The first-order valence-electron chi connectivity index (χ1n) is 11.1. The molecule has 3 rings (SSSR count). The third kappa shape index (κ3) is 4.65. The number of carbonyl (C=O) groups is 2. The van der Waals surface area contributed by atoms with Crippen LogP contribution in [0.3, 0.4) is 0 Å². The molecule has 14 heteroatoms. The van der Waals surface area contributed by atoms with Gasteiger partial charge in [0.2, 0.25) is 0 Å². The van der Waals surface area contributed by atoms with Gasteiger partial charge in [0.05, 0.1) is 12.2 Å². The van der Waals surface area contributed by atoms with Crippen LogP contribution in [0.4, 0.5) is 21.1 Å². The fraction of sp³-hybridized carbons (Fsp3) is 0.476. The number of rotatable bonds is 4. The largest absolute Gasteiger partial charge is 0.356 e. The van der Waals surface area contributed by atoms with Crippen molar-refractivity contribution in [1.82, 2.24) is 23.7 Å². The Morgan fingerprint density at radius 1 is 1.11 bits per heavy atom. The number of imidazole rings is 1. The molecule has 0 bridgehead atoms. The van der Waals surface area contributed by atoms with Crippen molar-refractivity contribution in [3.05, 3.63) is 36.0 Å². The van der Waals surface area contributed by atoms with Crippen LogP contribution in [-0.4, -0.2) is 67.5 Å². The van der Waals surface area contributed by atoms with Gasteiger partial charge in [0.25, 0.3) is 0 Å². The number of para-hydroxylation sites is 1. The Bertz CT molecular complexity index is 1220. The lowest BCUT2D eigenvalue weighted by molar-refractivity contribution is 0.194. The molecule has 1 aliphatic rings. The zero-order valence-corrected chi connectivity index (χ0v) is 23.0. The van der Waals surface area contributed by atoms with Crippen LogP contribution in [0.15, 0.2) is 30.3 Å². The highest BCUT2D eigenvalue weighted by Gasteiger charge is 2.47. The van der Waals surface area contributed by atoms with E-state index in [-0.39, 0.29) is 23.8 Å². The molecule has 0 aliphatic carbocycles. The standard InChI is InChI=1S/C21H34N8O4SSi/c1-21(2,3)35(6,7)20-24-17-16(29(20)34(32,33)26(4)5)13-14-27(28(17)19(31)25-22)18(30)23-15-11-9-8-10-12-15/h8-12H,13-14,22H2,1-7H3,(H,23,30)(H,25,31). The summed E-state index contributed by atoms with van der Waals surface area (Å²) in [4.78, 5) is 30.8. The third-order valence-electron chi connectivity index (χ3n) is 6.61. The summed E-state index contributed by atoms with van der Waals surface area (Å²) in [6.07, 6.45) is 0.167. The Morgan fingerprint density at radius 2 is 1.71 bits per heavy atom. The van der Waals surface area contributed by atoms with Gasteiger partial charge in [-0.3, -0.25) is 5.43 Å². The van der Waals surface area contributed by atoms with Crippen LogP contribution in [0.1, 0.15) is 26.5 Å². The van der Waals surface area contributed by atoms with E-state index in [0.717, 1.165) is 9.31 Å². The average Bonchev–Trinajstić information content (AvgIpc) is 3.18. The summed E-state index contributed by atoms with van der Waals surface area (Å²) in [7, 11) is -3.62. The highest BCUT2D eigenvalue weighted by atomic mass is 32.2. The molecular formula is C21H34N8O4SSi. The number of aromatic nitrogens is 2. The van der Waals surface area contributed by atoms with Gasteiger partial charge in [0, 0.05) is 26.2 Å². The number of urea groups is 2. The van der Waals surface area contributed by atoms with E-state index in [1.54, 1.807) is 24.3 Å².